The summed E-state index contributed by atoms with van der Waals surface area (Å²) in [7, 11) is 0. The minimum Gasteiger partial charge on any atom is -0.317 e. The molecule has 1 N–H and O–H groups in total. The summed E-state index contributed by atoms with van der Waals surface area (Å²) in [4.78, 5) is 0. The Labute approximate surface area is 98.6 Å². The molecule has 1 aromatic carbocycles. The van der Waals surface area contributed by atoms with E-state index < -0.39 is 5.82 Å². The van der Waals surface area contributed by atoms with Gasteiger partial charge in [0.25, 0.3) is 0 Å². The molecule has 0 aliphatic carbocycles. The molecule has 0 atom stereocenters. The standard InChI is InChI=1S/C11H12Cl2FN/c12-9-5-8(6-10(13)11(9)14)7-1-3-15-4-2-7/h5-7,15H,1-4H2. The number of piperidine rings is 1. The Morgan fingerprint density at radius 1 is 1.13 bits per heavy atom. The van der Waals surface area contributed by atoms with Crippen molar-refractivity contribution in [1.82, 2.24) is 5.32 Å². The molecule has 1 aliphatic rings. The monoisotopic (exact) mass is 247 g/mol. The van der Waals surface area contributed by atoms with Crippen LogP contribution in [0.15, 0.2) is 12.1 Å². The van der Waals surface area contributed by atoms with Gasteiger partial charge in [-0.25, -0.2) is 4.39 Å². The van der Waals surface area contributed by atoms with E-state index in [1.54, 1.807) is 12.1 Å². The third kappa shape index (κ3) is 2.44. The van der Waals surface area contributed by atoms with Gasteiger partial charge in [0.1, 0.15) is 0 Å². The van der Waals surface area contributed by atoms with Crippen LogP contribution in [0.4, 0.5) is 4.39 Å². The van der Waals surface area contributed by atoms with Gasteiger partial charge in [0.15, 0.2) is 5.82 Å². The van der Waals surface area contributed by atoms with Crippen LogP contribution in [0.5, 0.6) is 0 Å². The molecule has 0 aromatic heterocycles. The van der Waals surface area contributed by atoms with Crippen molar-refractivity contribution < 1.29 is 4.39 Å². The Kier molecular flexibility index (Phi) is 3.49. The molecular weight excluding hydrogens is 236 g/mol. The lowest BCUT2D eigenvalue weighted by Crippen LogP contribution is -2.26. The zero-order chi connectivity index (χ0) is 10.8. The fourth-order valence-corrected chi connectivity index (χ4v) is 2.47. The minimum absolute atomic E-state index is 0.121. The largest absolute Gasteiger partial charge is 0.317 e. The van der Waals surface area contributed by atoms with Crippen molar-refractivity contribution in [2.45, 2.75) is 18.8 Å². The van der Waals surface area contributed by atoms with Gasteiger partial charge < -0.3 is 5.32 Å². The molecule has 0 saturated carbocycles. The molecular formula is C11H12Cl2FN. The van der Waals surface area contributed by atoms with Crippen LogP contribution in [0.1, 0.15) is 24.3 Å². The Balaban J connectivity index is 2.27. The van der Waals surface area contributed by atoms with Gasteiger partial charge >= 0.3 is 0 Å². The summed E-state index contributed by atoms with van der Waals surface area (Å²) in [5.74, 6) is -0.0714. The first-order valence-electron chi connectivity index (χ1n) is 5.03. The zero-order valence-electron chi connectivity index (χ0n) is 8.19. The van der Waals surface area contributed by atoms with Crippen molar-refractivity contribution in [3.63, 3.8) is 0 Å². The number of hydrogen-bond donors (Lipinski definition) is 1. The average Bonchev–Trinajstić information content (AvgIpc) is 2.26. The molecule has 4 heteroatoms. The molecule has 0 unspecified atom stereocenters. The fourth-order valence-electron chi connectivity index (χ4n) is 1.97. The summed E-state index contributed by atoms with van der Waals surface area (Å²) in [6.07, 6.45) is 2.11. The van der Waals surface area contributed by atoms with Crippen molar-refractivity contribution in [1.29, 1.82) is 0 Å². The molecule has 0 spiro atoms. The summed E-state index contributed by atoms with van der Waals surface area (Å²) in [5.41, 5.74) is 1.05. The van der Waals surface area contributed by atoms with Crippen molar-refractivity contribution in [2.24, 2.45) is 0 Å². The second kappa shape index (κ2) is 4.69. The van der Waals surface area contributed by atoms with Crippen LogP contribution < -0.4 is 5.32 Å². The predicted octanol–water partition coefficient (Wildman–Crippen LogP) is 3.60. The normalized spacial score (nSPS) is 18.1. The van der Waals surface area contributed by atoms with E-state index in [0.29, 0.717) is 5.92 Å². The Morgan fingerprint density at radius 2 is 1.67 bits per heavy atom. The van der Waals surface area contributed by atoms with Crippen LogP contribution in [0.25, 0.3) is 0 Å². The van der Waals surface area contributed by atoms with E-state index in [1.807, 2.05) is 0 Å². The van der Waals surface area contributed by atoms with Gasteiger partial charge in [-0.3, -0.25) is 0 Å². The summed E-state index contributed by atoms with van der Waals surface area (Å²) in [6, 6.07) is 3.39. The van der Waals surface area contributed by atoms with Crippen LogP contribution in [0.3, 0.4) is 0 Å². The lowest BCUT2D eigenvalue weighted by Gasteiger charge is -2.23. The second-order valence-corrected chi connectivity index (χ2v) is 4.64. The third-order valence-electron chi connectivity index (χ3n) is 2.82. The zero-order valence-corrected chi connectivity index (χ0v) is 9.71. The molecule has 15 heavy (non-hydrogen) atoms. The highest BCUT2D eigenvalue weighted by Gasteiger charge is 2.17. The van der Waals surface area contributed by atoms with E-state index >= 15 is 0 Å². The van der Waals surface area contributed by atoms with E-state index in [2.05, 4.69) is 5.32 Å². The van der Waals surface area contributed by atoms with E-state index in [4.69, 9.17) is 23.2 Å². The smallest absolute Gasteiger partial charge is 0.160 e. The molecule has 0 radical (unpaired) electrons. The molecule has 1 saturated heterocycles. The van der Waals surface area contributed by atoms with Gasteiger partial charge in [0.2, 0.25) is 0 Å². The van der Waals surface area contributed by atoms with Crippen molar-refractivity contribution in [2.75, 3.05) is 13.1 Å². The quantitative estimate of drug-likeness (QED) is 0.749. The highest BCUT2D eigenvalue weighted by Crippen LogP contribution is 2.32. The van der Waals surface area contributed by atoms with Crippen LogP contribution in [0, 0.1) is 5.82 Å². The first-order valence-corrected chi connectivity index (χ1v) is 5.79. The summed E-state index contributed by atoms with van der Waals surface area (Å²) >= 11 is 11.5. The molecule has 1 nitrogen and oxygen atoms in total. The molecule has 82 valence electrons. The lowest BCUT2D eigenvalue weighted by molar-refractivity contribution is 0.460. The van der Waals surface area contributed by atoms with E-state index in [1.165, 1.54) is 0 Å². The fraction of sp³-hybridized carbons (Fsp3) is 0.455. The minimum atomic E-state index is -0.518. The summed E-state index contributed by atoms with van der Waals surface area (Å²) in [6.45, 7) is 1.99. The average molecular weight is 248 g/mol. The van der Waals surface area contributed by atoms with Gasteiger partial charge in [-0.1, -0.05) is 23.2 Å². The second-order valence-electron chi connectivity index (χ2n) is 3.82. The Morgan fingerprint density at radius 3 is 2.20 bits per heavy atom. The number of nitrogens with one attached hydrogen (secondary N) is 1. The molecule has 1 heterocycles. The lowest BCUT2D eigenvalue weighted by atomic mass is 9.90. The van der Waals surface area contributed by atoms with E-state index in [0.717, 1.165) is 31.5 Å². The maximum Gasteiger partial charge on any atom is 0.160 e. The predicted molar refractivity (Wildman–Crippen MR) is 61.3 cm³/mol. The van der Waals surface area contributed by atoms with Gasteiger partial charge in [0, 0.05) is 0 Å². The topological polar surface area (TPSA) is 12.0 Å². The highest BCUT2D eigenvalue weighted by atomic mass is 35.5. The number of rotatable bonds is 1. The third-order valence-corrected chi connectivity index (χ3v) is 3.37. The van der Waals surface area contributed by atoms with E-state index in [9.17, 15) is 4.39 Å². The summed E-state index contributed by atoms with van der Waals surface area (Å²) in [5, 5.41) is 3.53. The summed E-state index contributed by atoms with van der Waals surface area (Å²) < 4.78 is 13.2. The van der Waals surface area contributed by atoms with E-state index in [-0.39, 0.29) is 10.0 Å². The molecule has 1 fully saturated rings. The highest BCUT2D eigenvalue weighted by molar-refractivity contribution is 6.35. The van der Waals surface area contributed by atoms with Crippen molar-refractivity contribution in [3.8, 4) is 0 Å². The number of halogens is 3. The van der Waals surface area contributed by atoms with Gasteiger partial charge in [-0.05, 0) is 49.5 Å². The van der Waals surface area contributed by atoms with Crippen molar-refractivity contribution in [3.05, 3.63) is 33.6 Å². The van der Waals surface area contributed by atoms with Crippen LogP contribution in [-0.2, 0) is 0 Å². The molecule has 1 aromatic rings. The van der Waals surface area contributed by atoms with Crippen LogP contribution >= 0.6 is 23.2 Å². The Hall–Kier alpha value is -0.310. The first-order chi connectivity index (χ1) is 7.18. The molecule has 0 amide bonds. The SMILES string of the molecule is Fc1c(Cl)cc(C2CCNCC2)cc1Cl. The van der Waals surface area contributed by atoms with Crippen LogP contribution in [0.2, 0.25) is 10.0 Å². The first kappa shape index (κ1) is 11.2. The van der Waals surface area contributed by atoms with Crippen molar-refractivity contribution >= 4 is 23.2 Å². The van der Waals surface area contributed by atoms with Gasteiger partial charge in [-0.2, -0.15) is 0 Å². The maximum atomic E-state index is 13.2. The number of hydrogen-bond acceptors (Lipinski definition) is 1. The van der Waals surface area contributed by atoms with Gasteiger partial charge in [-0.15, -0.1) is 0 Å². The number of benzene rings is 1. The molecule has 1 aliphatic heterocycles. The molecule has 2 rings (SSSR count). The van der Waals surface area contributed by atoms with Gasteiger partial charge in [0.05, 0.1) is 10.0 Å². The maximum absolute atomic E-state index is 13.2. The Bertz CT molecular complexity index is 339. The molecule has 0 bridgehead atoms. The van der Waals surface area contributed by atoms with Crippen LogP contribution in [-0.4, -0.2) is 13.1 Å².